The number of ether oxygens (including phenoxy) is 2. The van der Waals surface area contributed by atoms with Crippen LogP contribution in [0.4, 0.5) is 4.79 Å². The minimum atomic E-state index is 0.133. The summed E-state index contributed by atoms with van der Waals surface area (Å²) in [5, 5.41) is 3.85. The third-order valence-electron chi connectivity index (χ3n) is 4.24. The van der Waals surface area contributed by atoms with E-state index >= 15 is 0 Å². The van der Waals surface area contributed by atoms with Gasteiger partial charge in [0.15, 0.2) is 5.82 Å². The van der Waals surface area contributed by atoms with Gasteiger partial charge in [-0.25, -0.2) is 4.79 Å². The predicted molar refractivity (Wildman–Crippen MR) is 81.1 cm³/mol. The molecular weight excluding hydrogens is 300 g/mol. The van der Waals surface area contributed by atoms with E-state index in [0.29, 0.717) is 51.0 Å². The standard InChI is InChI=1S/C15H24N4O4/c1-12-16-14(17-23-12)4-9-22-13-2-5-18(6-3-13)15(20)19-7-10-21-11-8-19/h13H,2-11H2,1H3. The molecule has 0 N–H and O–H groups in total. The topological polar surface area (TPSA) is 80.9 Å². The number of amides is 2. The van der Waals surface area contributed by atoms with Crippen LogP contribution < -0.4 is 0 Å². The molecule has 128 valence electrons. The van der Waals surface area contributed by atoms with Crippen LogP contribution in [0.15, 0.2) is 4.52 Å². The number of likely N-dealkylation sites (tertiary alicyclic amines) is 1. The van der Waals surface area contributed by atoms with E-state index in [9.17, 15) is 4.79 Å². The summed E-state index contributed by atoms with van der Waals surface area (Å²) in [6.07, 6.45) is 2.62. The normalized spacial score (nSPS) is 20.0. The van der Waals surface area contributed by atoms with E-state index < -0.39 is 0 Å². The van der Waals surface area contributed by atoms with Crippen LogP contribution in [0.3, 0.4) is 0 Å². The van der Waals surface area contributed by atoms with Gasteiger partial charge in [-0.05, 0) is 12.8 Å². The molecule has 0 radical (unpaired) electrons. The quantitative estimate of drug-likeness (QED) is 0.817. The van der Waals surface area contributed by atoms with Crippen molar-refractivity contribution >= 4 is 6.03 Å². The van der Waals surface area contributed by atoms with Gasteiger partial charge >= 0.3 is 6.03 Å². The smallest absolute Gasteiger partial charge is 0.320 e. The minimum absolute atomic E-state index is 0.133. The number of morpholine rings is 1. The fourth-order valence-electron chi connectivity index (χ4n) is 2.93. The summed E-state index contributed by atoms with van der Waals surface area (Å²) in [6.45, 7) is 6.53. The second-order valence-electron chi connectivity index (χ2n) is 5.92. The van der Waals surface area contributed by atoms with Crippen LogP contribution in [0.5, 0.6) is 0 Å². The number of aryl methyl sites for hydroxylation is 1. The number of nitrogens with zero attached hydrogens (tertiary/aromatic N) is 4. The van der Waals surface area contributed by atoms with Crippen molar-refractivity contribution in [3.8, 4) is 0 Å². The van der Waals surface area contributed by atoms with Gasteiger partial charge < -0.3 is 23.8 Å². The molecule has 0 unspecified atom stereocenters. The molecule has 0 aliphatic carbocycles. The highest BCUT2D eigenvalue weighted by molar-refractivity contribution is 5.74. The molecule has 3 heterocycles. The van der Waals surface area contributed by atoms with E-state index in [-0.39, 0.29) is 12.1 Å². The summed E-state index contributed by atoms with van der Waals surface area (Å²) in [4.78, 5) is 20.3. The highest BCUT2D eigenvalue weighted by atomic mass is 16.5. The highest BCUT2D eigenvalue weighted by Crippen LogP contribution is 2.16. The molecule has 23 heavy (non-hydrogen) atoms. The van der Waals surface area contributed by atoms with E-state index in [0.717, 1.165) is 25.9 Å². The van der Waals surface area contributed by atoms with E-state index in [2.05, 4.69) is 10.1 Å². The number of aromatic nitrogens is 2. The average molecular weight is 324 g/mol. The Bertz CT molecular complexity index is 507. The molecule has 2 aliphatic rings. The van der Waals surface area contributed by atoms with Crippen molar-refractivity contribution in [2.45, 2.75) is 32.3 Å². The Morgan fingerprint density at radius 3 is 2.57 bits per heavy atom. The maximum atomic E-state index is 12.4. The molecule has 0 atom stereocenters. The molecule has 0 aromatic carbocycles. The Morgan fingerprint density at radius 1 is 1.22 bits per heavy atom. The Morgan fingerprint density at radius 2 is 1.91 bits per heavy atom. The minimum Gasteiger partial charge on any atom is -0.378 e. The first kappa shape index (κ1) is 16.2. The van der Waals surface area contributed by atoms with Gasteiger partial charge in [-0.1, -0.05) is 5.16 Å². The van der Waals surface area contributed by atoms with Gasteiger partial charge in [-0.2, -0.15) is 4.98 Å². The number of rotatable bonds is 4. The monoisotopic (exact) mass is 324 g/mol. The van der Waals surface area contributed by atoms with E-state index in [4.69, 9.17) is 14.0 Å². The molecule has 8 heteroatoms. The van der Waals surface area contributed by atoms with Crippen LogP contribution in [0.1, 0.15) is 24.6 Å². The number of hydrogen-bond acceptors (Lipinski definition) is 6. The molecular formula is C15H24N4O4. The fraction of sp³-hybridized carbons (Fsp3) is 0.800. The van der Waals surface area contributed by atoms with Crippen molar-refractivity contribution in [3.63, 3.8) is 0 Å². The van der Waals surface area contributed by atoms with Gasteiger partial charge in [0.25, 0.3) is 0 Å². The second kappa shape index (κ2) is 7.74. The molecule has 3 rings (SSSR count). The van der Waals surface area contributed by atoms with Crippen molar-refractivity contribution in [3.05, 3.63) is 11.7 Å². The van der Waals surface area contributed by atoms with Crippen LogP contribution >= 0.6 is 0 Å². The lowest BCUT2D eigenvalue weighted by atomic mass is 10.1. The number of hydrogen-bond donors (Lipinski definition) is 0. The van der Waals surface area contributed by atoms with E-state index in [1.54, 1.807) is 6.92 Å². The molecule has 0 bridgehead atoms. The Balaban J connectivity index is 1.35. The zero-order valence-corrected chi connectivity index (χ0v) is 13.6. The number of piperidine rings is 1. The summed E-state index contributed by atoms with van der Waals surface area (Å²) in [5.41, 5.74) is 0. The van der Waals surface area contributed by atoms with Gasteiger partial charge in [-0.3, -0.25) is 0 Å². The van der Waals surface area contributed by atoms with Gasteiger partial charge in [0, 0.05) is 39.5 Å². The van der Waals surface area contributed by atoms with Gasteiger partial charge in [0.1, 0.15) is 0 Å². The molecule has 0 saturated carbocycles. The first-order valence-electron chi connectivity index (χ1n) is 8.25. The van der Waals surface area contributed by atoms with Gasteiger partial charge in [-0.15, -0.1) is 0 Å². The molecule has 2 fully saturated rings. The van der Waals surface area contributed by atoms with Crippen molar-refractivity contribution < 1.29 is 18.8 Å². The lowest BCUT2D eigenvalue weighted by molar-refractivity contribution is 0.00527. The first-order chi connectivity index (χ1) is 11.2. The van der Waals surface area contributed by atoms with Crippen molar-refractivity contribution in [2.75, 3.05) is 46.0 Å². The maximum Gasteiger partial charge on any atom is 0.320 e. The Kier molecular flexibility index (Phi) is 5.45. The third-order valence-corrected chi connectivity index (χ3v) is 4.24. The molecule has 8 nitrogen and oxygen atoms in total. The molecule has 1 aromatic rings. The maximum absolute atomic E-state index is 12.4. The molecule has 1 aromatic heterocycles. The molecule has 2 amide bonds. The largest absolute Gasteiger partial charge is 0.378 e. The highest BCUT2D eigenvalue weighted by Gasteiger charge is 2.27. The number of carbonyl (C=O) groups excluding carboxylic acids is 1. The SMILES string of the molecule is Cc1nc(CCOC2CCN(C(=O)N3CCOCC3)CC2)no1. The zero-order valence-electron chi connectivity index (χ0n) is 13.6. The number of urea groups is 1. The van der Waals surface area contributed by atoms with Crippen LogP contribution in [-0.2, 0) is 15.9 Å². The van der Waals surface area contributed by atoms with Crippen LogP contribution in [0.25, 0.3) is 0 Å². The lowest BCUT2D eigenvalue weighted by Gasteiger charge is -2.37. The van der Waals surface area contributed by atoms with Crippen LogP contribution in [0, 0.1) is 6.92 Å². The lowest BCUT2D eigenvalue weighted by Crippen LogP contribution is -2.51. The van der Waals surface area contributed by atoms with E-state index in [1.807, 2.05) is 9.80 Å². The van der Waals surface area contributed by atoms with E-state index in [1.165, 1.54) is 0 Å². The van der Waals surface area contributed by atoms with Crippen molar-refractivity contribution in [1.82, 2.24) is 19.9 Å². The summed E-state index contributed by atoms with van der Waals surface area (Å²) < 4.78 is 16.1. The summed E-state index contributed by atoms with van der Waals surface area (Å²) in [6, 6.07) is 0.133. The summed E-state index contributed by atoms with van der Waals surface area (Å²) in [7, 11) is 0. The Labute approximate surface area is 135 Å². The van der Waals surface area contributed by atoms with Crippen molar-refractivity contribution in [1.29, 1.82) is 0 Å². The summed E-state index contributed by atoms with van der Waals surface area (Å²) >= 11 is 0. The Hall–Kier alpha value is -1.67. The molecule has 2 saturated heterocycles. The van der Waals surface area contributed by atoms with Crippen molar-refractivity contribution in [2.24, 2.45) is 0 Å². The predicted octanol–water partition coefficient (Wildman–Crippen LogP) is 0.854. The van der Waals surface area contributed by atoms with Crippen LogP contribution in [-0.4, -0.2) is 78.1 Å². The number of carbonyl (C=O) groups is 1. The molecule has 0 spiro atoms. The summed E-state index contributed by atoms with van der Waals surface area (Å²) in [5.74, 6) is 1.26. The second-order valence-corrected chi connectivity index (χ2v) is 5.92. The molecule has 2 aliphatic heterocycles. The van der Waals surface area contributed by atoms with Crippen LogP contribution in [0.2, 0.25) is 0 Å². The first-order valence-corrected chi connectivity index (χ1v) is 8.25. The third kappa shape index (κ3) is 4.42. The zero-order chi connectivity index (χ0) is 16.1. The average Bonchev–Trinajstić information content (AvgIpc) is 3.01. The van der Waals surface area contributed by atoms with Gasteiger partial charge in [0.2, 0.25) is 5.89 Å². The van der Waals surface area contributed by atoms with Gasteiger partial charge in [0.05, 0.1) is 25.9 Å². The fourth-order valence-corrected chi connectivity index (χ4v) is 2.93.